The fourth-order valence-corrected chi connectivity index (χ4v) is 7.17. The third-order valence-electron chi connectivity index (χ3n) is 10.4. The molecule has 7 rings (SSSR count). The Morgan fingerprint density at radius 3 is 2.24 bits per heavy atom. The number of methoxy groups -OCH3 is 1. The number of anilines is 2. The van der Waals surface area contributed by atoms with Gasteiger partial charge in [0.05, 0.1) is 36.7 Å². The van der Waals surface area contributed by atoms with Gasteiger partial charge in [-0.3, -0.25) is 24.2 Å². The molecular formula is C45H47N7O6. The van der Waals surface area contributed by atoms with Gasteiger partial charge in [0.25, 0.3) is 17.7 Å². The molecule has 0 fully saturated rings. The van der Waals surface area contributed by atoms with E-state index < -0.39 is 0 Å². The Balaban J connectivity index is 0.911. The molecule has 0 radical (unpaired) electrons. The third-order valence-corrected chi connectivity index (χ3v) is 10.4. The third kappa shape index (κ3) is 8.29. The fourth-order valence-electron chi connectivity index (χ4n) is 7.17. The van der Waals surface area contributed by atoms with Gasteiger partial charge in [-0.05, 0) is 64.9 Å². The summed E-state index contributed by atoms with van der Waals surface area (Å²) < 4.78 is 15.1. The van der Waals surface area contributed by atoms with Gasteiger partial charge in [0, 0.05) is 76.1 Å². The van der Waals surface area contributed by atoms with Crippen LogP contribution in [0.2, 0.25) is 0 Å². The minimum atomic E-state index is -0.333. The highest BCUT2D eigenvalue weighted by atomic mass is 16.5. The number of aryl methyl sites for hydroxylation is 2. The topological polar surface area (TPSA) is 148 Å². The zero-order valence-electron chi connectivity index (χ0n) is 33.5. The zero-order chi connectivity index (χ0) is 41.1. The van der Waals surface area contributed by atoms with Crippen molar-refractivity contribution in [2.75, 3.05) is 31.4 Å². The molecule has 5 aromatic rings. The van der Waals surface area contributed by atoms with Crippen molar-refractivity contribution in [1.82, 2.24) is 19.4 Å². The summed E-state index contributed by atoms with van der Waals surface area (Å²) in [6.45, 7) is 4.55. The van der Waals surface area contributed by atoms with E-state index in [4.69, 9.17) is 14.5 Å². The van der Waals surface area contributed by atoms with E-state index in [0.29, 0.717) is 64.3 Å². The first-order chi connectivity index (χ1) is 27.9. The molecule has 0 spiro atoms. The molecule has 58 heavy (non-hydrogen) atoms. The molecule has 2 aliphatic rings. The molecule has 3 aromatic carbocycles. The monoisotopic (exact) mass is 781 g/mol. The minimum absolute atomic E-state index is 0.161. The number of rotatable bonds is 13. The van der Waals surface area contributed by atoms with Gasteiger partial charge >= 0.3 is 0 Å². The predicted octanol–water partition coefficient (Wildman–Crippen LogP) is 7.54. The number of carbonyl (C=O) groups excluding carboxylic acids is 4. The average Bonchev–Trinajstić information content (AvgIpc) is 3.92. The highest BCUT2D eigenvalue weighted by Crippen LogP contribution is 2.40. The van der Waals surface area contributed by atoms with Crippen molar-refractivity contribution in [3.8, 4) is 22.6 Å². The number of aliphatic imine (C=N–C) groups is 1. The first-order valence-electron chi connectivity index (χ1n) is 19.2. The largest absolute Gasteiger partial charge is 0.493 e. The van der Waals surface area contributed by atoms with Gasteiger partial charge in [-0.2, -0.15) is 0 Å². The average molecular weight is 782 g/mol. The number of nitrogens with zero attached hydrogens (tertiary/aromatic N) is 4. The summed E-state index contributed by atoms with van der Waals surface area (Å²) in [6.07, 6.45) is 8.53. The van der Waals surface area contributed by atoms with Crippen molar-refractivity contribution in [3.63, 3.8) is 0 Å². The SMILES string of the molecule is CNC(=O)c1cc(-c2ccc(NC(=O)c3cc(NC(=O)CCCOc4cc5c(cc4OC)C(=O)N4C=C(c6ccc(C(C)C)cc6)CC4C=N5)cn3C)cc2)cn1C. The van der Waals surface area contributed by atoms with Crippen LogP contribution in [0.3, 0.4) is 0 Å². The van der Waals surface area contributed by atoms with E-state index in [1.54, 1.807) is 64.7 Å². The van der Waals surface area contributed by atoms with E-state index in [1.807, 2.05) is 43.9 Å². The van der Waals surface area contributed by atoms with Crippen LogP contribution in [-0.4, -0.2) is 70.7 Å². The molecule has 4 amide bonds. The lowest BCUT2D eigenvalue weighted by molar-refractivity contribution is -0.116. The molecule has 0 saturated heterocycles. The minimum Gasteiger partial charge on any atom is -0.493 e. The smallest absolute Gasteiger partial charge is 0.272 e. The number of fused-ring (bicyclic) bond motifs is 2. The molecule has 2 aromatic heterocycles. The van der Waals surface area contributed by atoms with Gasteiger partial charge < -0.3 is 39.5 Å². The van der Waals surface area contributed by atoms with Gasteiger partial charge in [0.1, 0.15) is 11.4 Å². The summed E-state index contributed by atoms with van der Waals surface area (Å²) in [5, 5.41) is 8.40. The van der Waals surface area contributed by atoms with Crippen LogP contribution in [0.25, 0.3) is 16.7 Å². The Labute approximate surface area is 337 Å². The van der Waals surface area contributed by atoms with Crippen LogP contribution in [0.5, 0.6) is 11.5 Å². The maximum absolute atomic E-state index is 13.8. The van der Waals surface area contributed by atoms with Crippen molar-refractivity contribution in [1.29, 1.82) is 0 Å². The van der Waals surface area contributed by atoms with E-state index in [1.165, 1.54) is 12.7 Å². The molecule has 1 unspecified atom stereocenters. The molecule has 4 heterocycles. The number of benzene rings is 3. The Morgan fingerprint density at radius 2 is 1.53 bits per heavy atom. The summed E-state index contributed by atoms with van der Waals surface area (Å²) in [5.74, 6) is 0.378. The van der Waals surface area contributed by atoms with Crippen LogP contribution < -0.4 is 25.4 Å². The highest BCUT2D eigenvalue weighted by Gasteiger charge is 2.33. The predicted molar refractivity (Wildman–Crippen MR) is 225 cm³/mol. The molecule has 13 heteroatoms. The molecule has 1 atom stereocenters. The second-order valence-electron chi connectivity index (χ2n) is 14.8. The molecule has 298 valence electrons. The van der Waals surface area contributed by atoms with Gasteiger partial charge in [-0.25, -0.2) is 0 Å². The van der Waals surface area contributed by atoms with Crippen LogP contribution in [0.4, 0.5) is 17.1 Å². The number of hydrogen-bond acceptors (Lipinski definition) is 7. The van der Waals surface area contributed by atoms with Gasteiger partial charge in [0.15, 0.2) is 11.5 Å². The van der Waals surface area contributed by atoms with Gasteiger partial charge in [-0.1, -0.05) is 50.2 Å². The summed E-state index contributed by atoms with van der Waals surface area (Å²) in [4.78, 5) is 58.3. The van der Waals surface area contributed by atoms with Crippen LogP contribution in [-0.2, 0) is 18.9 Å². The number of carbonyl (C=O) groups is 4. The second-order valence-corrected chi connectivity index (χ2v) is 14.8. The van der Waals surface area contributed by atoms with Gasteiger partial charge in [-0.15, -0.1) is 0 Å². The Hall–Kier alpha value is -6.89. The first-order valence-corrected chi connectivity index (χ1v) is 19.2. The van der Waals surface area contributed by atoms with E-state index in [-0.39, 0.29) is 42.7 Å². The van der Waals surface area contributed by atoms with Crippen molar-refractivity contribution >= 4 is 52.5 Å². The van der Waals surface area contributed by atoms with Crippen LogP contribution in [0.1, 0.15) is 81.5 Å². The van der Waals surface area contributed by atoms with E-state index in [2.05, 4.69) is 54.1 Å². The summed E-state index contributed by atoms with van der Waals surface area (Å²) >= 11 is 0. The lowest BCUT2D eigenvalue weighted by Gasteiger charge is -2.19. The number of ether oxygens (including phenoxy) is 2. The maximum Gasteiger partial charge on any atom is 0.272 e. The van der Waals surface area contributed by atoms with Crippen molar-refractivity contribution in [3.05, 3.63) is 119 Å². The van der Waals surface area contributed by atoms with Crippen molar-refractivity contribution in [2.24, 2.45) is 19.1 Å². The fraction of sp³-hybridized carbons (Fsp3) is 0.267. The van der Waals surface area contributed by atoms with Crippen LogP contribution in [0, 0.1) is 0 Å². The number of amides is 4. The molecule has 0 aliphatic carbocycles. The van der Waals surface area contributed by atoms with Gasteiger partial charge in [0.2, 0.25) is 5.91 Å². The highest BCUT2D eigenvalue weighted by molar-refractivity contribution is 6.06. The summed E-state index contributed by atoms with van der Waals surface area (Å²) in [7, 11) is 6.66. The second kappa shape index (κ2) is 16.7. The molecule has 3 N–H and O–H groups in total. The molecular weight excluding hydrogens is 735 g/mol. The van der Waals surface area contributed by atoms with Crippen LogP contribution in [0.15, 0.2) is 96.4 Å². The normalized spacial score (nSPS) is 14.4. The molecule has 0 saturated carbocycles. The summed E-state index contributed by atoms with van der Waals surface area (Å²) in [5.41, 5.74) is 8.15. The number of nitrogens with one attached hydrogen (secondary N) is 3. The molecule has 0 bridgehead atoms. The zero-order valence-corrected chi connectivity index (χ0v) is 33.5. The van der Waals surface area contributed by atoms with E-state index in [9.17, 15) is 19.2 Å². The first kappa shape index (κ1) is 39.3. The van der Waals surface area contributed by atoms with Crippen LogP contribution >= 0.6 is 0 Å². The summed E-state index contributed by atoms with van der Waals surface area (Å²) in [6, 6.07) is 22.4. The number of hydrogen-bond donors (Lipinski definition) is 3. The Kier molecular flexibility index (Phi) is 11.3. The Bertz CT molecular complexity index is 2440. The maximum atomic E-state index is 13.8. The van der Waals surface area contributed by atoms with E-state index in [0.717, 1.165) is 22.3 Å². The quantitative estimate of drug-likeness (QED) is 0.105. The van der Waals surface area contributed by atoms with Crippen molar-refractivity contribution in [2.45, 2.75) is 45.1 Å². The van der Waals surface area contributed by atoms with Crippen molar-refractivity contribution < 1.29 is 28.7 Å². The lowest BCUT2D eigenvalue weighted by atomic mass is 9.97. The Morgan fingerprint density at radius 1 is 0.828 bits per heavy atom. The molecule has 13 nitrogen and oxygen atoms in total. The standard InChI is InChI=1S/C45H47N7O6/c1-27(2)28-9-11-29(12-10-28)31-18-35-23-47-37-22-41(40(57-6)21-36(37)45(56)52(35)25-31)58-17-7-8-42(53)48-34-20-39(51(5)26-34)44(55)49-33-15-13-30(14-16-33)32-19-38(43(54)46-3)50(4)24-32/h9-16,19-27,35H,7-8,17-18H2,1-6H3,(H,46,54)(H,48,53)(H,49,55). The molecule has 2 aliphatic heterocycles. The lowest BCUT2D eigenvalue weighted by Crippen LogP contribution is -2.32. The van der Waals surface area contributed by atoms with E-state index >= 15 is 0 Å². The number of aromatic nitrogens is 2.